The van der Waals surface area contributed by atoms with Crippen LogP contribution in [0.3, 0.4) is 0 Å². The summed E-state index contributed by atoms with van der Waals surface area (Å²) in [7, 11) is 0. The van der Waals surface area contributed by atoms with E-state index in [0.717, 1.165) is 5.82 Å². The van der Waals surface area contributed by atoms with Crippen molar-refractivity contribution in [3.8, 4) is 5.82 Å². The Morgan fingerprint density at radius 3 is 2.81 bits per heavy atom. The number of pyridine rings is 1. The highest BCUT2D eigenvalue weighted by atomic mass is 35.5. The minimum atomic E-state index is 0.490. The van der Waals surface area contributed by atoms with Crippen molar-refractivity contribution in [1.29, 1.82) is 0 Å². The molecule has 0 radical (unpaired) electrons. The van der Waals surface area contributed by atoms with E-state index >= 15 is 0 Å². The molecule has 0 aliphatic heterocycles. The molecule has 2 N–H and O–H groups in total. The highest BCUT2D eigenvalue weighted by Gasteiger charge is 2.09. The SMILES string of the molecule is NCCc1nccn1-c1ncc(Cl)cc1Cl. The van der Waals surface area contributed by atoms with E-state index < -0.39 is 0 Å². The molecule has 0 aliphatic rings. The maximum absolute atomic E-state index is 6.07. The minimum Gasteiger partial charge on any atom is -0.330 e. The molecule has 2 aromatic heterocycles. The molecule has 2 rings (SSSR count). The average Bonchev–Trinajstić information content (AvgIpc) is 2.67. The van der Waals surface area contributed by atoms with Crippen molar-refractivity contribution >= 4 is 23.2 Å². The van der Waals surface area contributed by atoms with E-state index in [4.69, 9.17) is 28.9 Å². The summed E-state index contributed by atoms with van der Waals surface area (Å²) < 4.78 is 1.81. The molecule has 0 unspecified atom stereocenters. The van der Waals surface area contributed by atoms with Gasteiger partial charge < -0.3 is 5.73 Å². The minimum absolute atomic E-state index is 0.490. The number of nitrogens with zero attached hydrogens (tertiary/aromatic N) is 3. The van der Waals surface area contributed by atoms with Crippen LogP contribution in [-0.4, -0.2) is 21.1 Å². The Morgan fingerprint density at radius 2 is 2.12 bits per heavy atom. The molecule has 2 heterocycles. The fourth-order valence-corrected chi connectivity index (χ4v) is 1.90. The van der Waals surface area contributed by atoms with Gasteiger partial charge in [-0.25, -0.2) is 9.97 Å². The summed E-state index contributed by atoms with van der Waals surface area (Å²) in [5.41, 5.74) is 5.50. The summed E-state index contributed by atoms with van der Waals surface area (Å²) in [6.45, 7) is 0.530. The van der Waals surface area contributed by atoms with Crippen LogP contribution < -0.4 is 5.73 Å². The molecule has 0 bridgehead atoms. The molecule has 0 spiro atoms. The van der Waals surface area contributed by atoms with Crippen LogP contribution in [0.4, 0.5) is 0 Å². The van der Waals surface area contributed by atoms with Gasteiger partial charge in [0.25, 0.3) is 0 Å². The van der Waals surface area contributed by atoms with Gasteiger partial charge in [0.05, 0.1) is 10.0 Å². The summed E-state index contributed by atoms with van der Waals surface area (Å²) in [4.78, 5) is 8.38. The Morgan fingerprint density at radius 1 is 1.31 bits per heavy atom. The predicted octanol–water partition coefficient (Wildman–Crippen LogP) is 2.08. The molecule has 0 aliphatic carbocycles. The lowest BCUT2D eigenvalue weighted by Crippen LogP contribution is -2.09. The monoisotopic (exact) mass is 256 g/mol. The number of hydrogen-bond acceptors (Lipinski definition) is 3. The van der Waals surface area contributed by atoms with Crippen LogP contribution in [0.5, 0.6) is 0 Å². The summed E-state index contributed by atoms with van der Waals surface area (Å²) in [5.74, 6) is 1.45. The Bertz CT molecular complexity index is 495. The lowest BCUT2D eigenvalue weighted by Gasteiger charge is -2.07. The highest BCUT2D eigenvalue weighted by molar-refractivity contribution is 6.35. The fraction of sp³-hybridized carbons (Fsp3) is 0.200. The zero-order valence-electron chi connectivity index (χ0n) is 8.40. The third-order valence-electron chi connectivity index (χ3n) is 2.10. The molecule has 4 nitrogen and oxygen atoms in total. The second-order valence-corrected chi connectivity index (χ2v) is 4.05. The third kappa shape index (κ3) is 2.19. The van der Waals surface area contributed by atoms with Crippen molar-refractivity contribution in [3.63, 3.8) is 0 Å². The smallest absolute Gasteiger partial charge is 0.156 e. The molecule has 84 valence electrons. The van der Waals surface area contributed by atoms with Crippen molar-refractivity contribution in [2.45, 2.75) is 6.42 Å². The van der Waals surface area contributed by atoms with Crippen LogP contribution in [0.2, 0.25) is 10.0 Å². The first-order valence-corrected chi connectivity index (χ1v) is 5.51. The summed E-state index contributed by atoms with van der Waals surface area (Å²) in [6.07, 6.45) is 5.72. The van der Waals surface area contributed by atoms with Gasteiger partial charge >= 0.3 is 0 Å². The van der Waals surface area contributed by atoms with Gasteiger partial charge in [-0.3, -0.25) is 4.57 Å². The van der Waals surface area contributed by atoms with Crippen LogP contribution in [-0.2, 0) is 6.42 Å². The second kappa shape index (κ2) is 4.82. The van der Waals surface area contributed by atoms with Crippen LogP contribution >= 0.6 is 23.2 Å². The standard InChI is InChI=1S/C10H10Cl2N4/c11-7-5-8(12)10(15-6-7)16-4-3-14-9(16)1-2-13/h3-6H,1-2,13H2. The Balaban J connectivity index is 2.46. The molecular weight excluding hydrogens is 247 g/mol. The molecule has 0 saturated carbocycles. The van der Waals surface area contributed by atoms with Crippen molar-refractivity contribution in [2.24, 2.45) is 5.73 Å². The summed E-state index contributed by atoms with van der Waals surface area (Å²) >= 11 is 11.9. The average molecular weight is 257 g/mol. The van der Waals surface area contributed by atoms with Gasteiger partial charge in [0.2, 0.25) is 0 Å². The van der Waals surface area contributed by atoms with E-state index in [1.807, 2.05) is 4.57 Å². The van der Waals surface area contributed by atoms with Crippen molar-refractivity contribution in [2.75, 3.05) is 6.54 Å². The van der Waals surface area contributed by atoms with E-state index in [2.05, 4.69) is 9.97 Å². The predicted molar refractivity (Wildman–Crippen MR) is 64.1 cm³/mol. The van der Waals surface area contributed by atoms with Gasteiger partial charge in [-0.05, 0) is 12.6 Å². The lowest BCUT2D eigenvalue weighted by atomic mass is 10.4. The largest absolute Gasteiger partial charge is 0.330 e. The van der Waals surface area contributed by atoms with Gasteiger partial charge in [-0.2, -0.15) is 0 Å². The number of halogens is 2. The molecule has 0 amide bonds. The Kier molecular flexibility index (Phi) is 3.43. The van der Waals surface area contributed by atoms with E-state index in [9.17, 15) is 0 Å². The maximum atomic E-state index is 6.07. The van der Waals surface area contributed by atoms with Gasteiger partial charge in [0.15, 0.2) is 5.82 Å². The third-order valence-corrected chi connectivity index (χ3v) is 2.59. The van der Waals surface area contributed by atoms with Crippen LogP contribution in [0.15, 0.2) is 24.7 Å². The number of aromatic nitrogens is 3. The Hall–Kier alpha value is -1.10. The zero-order chi connectivity index (χ0) is 11.5. The number of rotatable bonds is 3. The number of hydrogen-bond donors (Lipinski definition) is 1. The number of nitrogens with two attached hydrogens (primary N) is 1. The van der Waals surface area contributed by atoms with Gasteiger partial charge in [-0.1, -0.05) is 23.2 Å². The molecular formula is C10H10Cl2N4. The van der Waals surface area contributed by atoms with E-state index in [1.165, 1.54) is 0 Å². The highest BCUT2D eigenvalue weighted by Crippen LogP contribution is 2.22. The molecule has 0 aromatic carbocycles. The second-order valence-electron chi connectivity index (χ2n) is 3.21. The fourth-order valence-electron chi connectivity index (χ4n) is 1.43. The first-order chi connectivity index (χ1) is 7.72. The van der Waals surface area contributed by atoms with E-state index in [0.29, 0.717) is 28.8 Å². The summed E-state index contributed by atoms with van der Waals surface area (Å²) in [6, 6.07) is 1.65. The first kappa shape index (κ1) is 11.4. The zero-order valence-corrected chi connectivity index (χ0v) is 9.91. The van der Waals surface area contributed by atoms with E-state index in [-0.39, 0.29) is 0 Å². The van der Waals surface area contributed by atoms with E-state index in [1.54, 1.807) is 24.7 Å². The topological polar surface area (TPSA) is 56.7 Å². The van der Waals surface area contributed by atoms with Crippen molar-refractivity contribution in [1.82, 2.24) is 14.5 Å². The molecule has 16 heavy (non-hydrogen) atoms. The van der Waals surface area contributed by atoms with Crippen molar-refractivity contribution in [3.05, 3.63) is 40.5 Å². The van der Waals surface area contributed by atoms with Gasteiger partial charge in [0.1, 0.15) is 5.82 Å². The molecule has 0 fully saturated rings. The summed E-state index contributed by atoms with van der Waals surface area (Å²) in [5, 5.41) is 0.998. The Labute approximate surface area is 103 Å². The molecule has 6 heteroatoms. The van der Waals surface area contributed by atoms with Gasteiger partial charge in [0, 0.05) is 25.0 Å². The molecule has 2 aromatic rings. The van der Waals surface area contributed by atoms with Crippen LogP contribution in [0, 0.1) is 0 Å². The van der Waals surface area contributed by atoms with Crippen molar-refractivity contribution < 1.29 is 0 Å². The lowest BCUT2D eigenvalue weighted by molar-refractivity contribution is 0.823. The number of imidazole rings is 1. The quantitative estimate of drug-likeness (QED) is 0.915. The van der Waals surface area contributed by atoms with Crippen LogP contribution in [0.1, 0.15) is 5.82 Å². The van der Waals surface area contributed by atoms with Crippen LogP contribution in [0.25, 0.3) is 5.82 Å². The normalized spacial score (nSPS) is 10.7. The first-order valence-electron chi connectivity index (χ1n) is 4.76. The molecule has 0 atom stereocenters. The molecule has 0 saturated heterocycles. The van der Waals surface area contributed by atoms with Gasteiger partial charge in [-0.15, -0.1) is 0 Å². The maximum Gasteiger partial charge on any atom is 0.156 e.